The topological polar surface area (TPSA) is 74.2 Å². The van der Waals surface area contributed by atoms with E-state index < -0.39 is 11.4 Å². The molecule has 0 aliphatic heterocycles. The summed E-state index contributed by atoms with van der Waals surface area (Å²) in [5, 5.41) is 19.6. The first kappa shape index (κ1) is 13.7. The fraction of sp³-hybridized carbons (Fsp3) is 0. The Bertz CT molecular complexity index is 907. The molecule has 3 rings (SSSR count). The molecule has 0 bridgehead atoms. The minimum Gasteiger partial charge on any atom is -0.501 e. The van der Waals surface area contributed by atoms with Crippen molar-refractivity contribution in [2.45, 2.75) is 0 Å². The molecule has 0 amide bonds. The maximum absolute atomic E-state index is 11.9. The molecular formula is C18H11NO3. The number of benzene rings is 2. The summed E-state index contributed by atoms with van der Waals surface area (Å²) >= 11 is 0. The summed E-state index contributed by atoms with van der Waals surface area (Å²) in [5.41, 5.74) is 0.652. The van der Waals surface area contributed by atoms with Gasteiger partial charge in [-0.15, -0.1) is 0 Å². The van der Waals surface area contributed by atoms with Gasteiger partial charge in [0.1, 0.15) is 11.6 Å². The maximum Gasteiger partial charge on any atom is 0.379 e. The molecule has 106 valence electrons. The molecule has 2 aromatic carbocycles. The first-order chi connectivity index (χ1) is 10.7. The second-order valence-electron chi connectivity index (χ2n) is 4.66. The Labute approximate surface area is 126 Å². The van der Waals surface area contributed by atoms with Crippen molar-refractivity contribution in [3.05, 3.63) is 76.6 Å². The highest BCUT2D eigenvalue weighted by molar-refractivity contribution is 5.82. The first-order valence-electron chi connectivity index (χ1n) is 6.63. The molecular weight excluding hydrogens is 278 g/mol. The van der Waals surface area contributed by atoms with Crippen LogP contribution in [0.2, 0.25) is 0 Å². The van der Waals surface area contributed by atoms with Crippen molar-refractivity contribution in [3.8, 4) is 34.3 Å². The van der Waals surface area contributed by atoms with Gasteiger partial charge in [0.2, 0.25) is 5.75 Å². The van der Waals surface area contributed by atoms with E-state index in [4.69, 9.17) is 4.42 Å². The summed E-state index contributed by atoms with van der Waals surface area (Å²) in [6, 6.07) is 19.7. The van der Waals surface area contributed by atoms with Crippen LogP contribution >= 0.6 is 0 Å². The molecule has 0 aliphatic rings. The van der Waals surface area contributed by atoms with E-state index in [-0.39, 0.29) is 16.9 Å². The van der Waals surface area contributed by atoms with Crippen LogP contribution in [-0.4, -0.2) is 5.11 Å². The molecule has 0 unspecified atom stereocenters. The molecule has 0 spiro atoms. The van der Waals surface area contributed by atoms with Gasteiger partial charge in [0.25, 0.3) is 0 Å². The minimum atomic E-state index is -0.864. The summed E-state index contributed by atoms with van der Waals surface area (Å²) in [6.07, 6.45) is 0. The first-order valence-corrected chi connectivity index (χ1v) is 6.63. The van der Waals surface area contributed by atoms with Crippen LogP contribution in [0.3, 0.4) is 0 Å². The Kier molecular flexibility index (Phi) is 3.47. The smallest absolute Gasteiger partial charge is 0.379 e. The minimum absolute atomic E-state index is 0.134. The van der Waals surface area contributed by atoms with Gasteiger partial charge in [0, 0.05) is 5.56 Å². The van der Waals surface area contributed by atoms with Crippen LogP contribution in [0.15, 0.2) is 69.9 Å². The van der Waals surface area contributed by atoms with Crippen molar-refractivity contribution in [2.75, 3.05) is 0 Å². The van der Waals surface area contributed by atoms with E-state index in [1.54, 1.807) is 48.5 Å². The second-order valence-corrected chi connectivity index (χ2v) is 4.66. The Hall–Kier alpha value is -3.32. The molecule has 0 saturated heterocycles. The third-order valence-corrected chi connectivity index (χ3v) is 3.31. The van der Waals surface area contributed by atoms with Gasteiger partial charge < -0.3 is 9.52 Å². The molecule has 1 aromatic heterocycles. The number of nitriles is 1. The maximum atomic E-state index is 11.9. The molecule has 4 nitrogen and oxygen atoms in total. The zero-order valence-corrected chi connectivity index (χ0v) is 11.5. The van der Waals surface area contributed by atoms with E-state index in [0.29, 0.717) is 11.1 Å². The average Bonchev–Trinajstić information content (AvgIpc) is 2.58. The summed E-state index contributed by atoms with van der Waals surface area (Å²) in [4.78, 5) is 11.9. The third-order valence-electron chi connectivity index (χ3n) is 3.31. The van der Waals surface area contributed by atoms with Crippen LogP contribution in [0.5, 0.6) is 5.75 Å². The lowest BCUT2D eigenvalue weighted by Crippen LogP contribution is -2.04. The molecule has 0 saturated carbocycles. The molecule has 0 aliphatic carbocycles. The van der Waals surface area contributed by atoms with E-state index in [2.05, 4.69) is 0 Å². The van der Waals surface area contributed by atoms with Crippen LogP contribution in [0.1, 0.15) is 5.56 Å². The summed E-state index contributed by atoms with van der Waals surface area (Å²) in [7, 11) is 0. The second kappa shape index (κ2) is 5.58. The lowest BCUT2D eigenvalue weighted by molar-refractivity contribution is 0.419. The Balaban J connectivity index is 2.38. The number of rotatable bonds is 2. The van der Waals surface area contributed by atoms with Crippen molar-refractivity contribution >= 4 is 0 Å². The van der Waals surface area contributed by atoms with Crippen molar-refractivity contribution in [1.82, 2.24) is 0 Å². The highest BCUT2D eigenvalue weighted by atomic mass is 16.4. The fourth-order valence-electron chi connectivity index (χ4n) is 2.31. The number of nitrogens with zero attached hydrogens (tertiary/aromatic N) is 1. The molecule has 1 N–H and O–H groups in total. The van der Waals surface area contributed by atoms with Gasteiger partial charge in [-0.2, -0.15) is 5.26 Å². The van der Waals surface area contributed by atoms with E-state index in [9.17, 15) is 15.2 Å². The number of aromatic hydroxyl groups is 1. The summed E-state index contributed by atoms with van der Waals surface area (Å²) in [6.45, 7) is 0. The molecule has 0 radical (unpaired) electrons. The lowest BCUT2D eigenvalue weighted by Gasteiger charge is -2.10. The van der Waals surface area contributed by atoms with Crippen molar-refractivity contribution in [1.29, 1.82) is 5.26 Å². The molecule has 4 heteroatoms. The van der Waals surface area contributed by atoms with Crippen LogP contribution in [0.25, 0.3) is 22.5 Å². The molecule has 0 atom stereocenters. The highest BCUT2D eigenvalue weighted by Crippen LogP contribution is 2.35. The van der Waals surface area contributed by atoms with E-state index in [0.717, 1.165) is 0 Å². The van der Waals surface area contributed by atoms with Crippen molar-refractivity contribution in [3.63, 3.8) is 0 Å². The van der Waals surface area contributed by atoms with Crippen LogP contribution in [0.4, 0.5) is 0 Å². The number of hydrogen-bond acceptors (Lipinski definition) is 4. The molecule has 22 heavy (non-hydrogen) atoms. The van der Waals surface area contributed by atoms with Crippen LogP contribution < -0.4 is 5.63 Å². The normalized spacial score (nSPS) is 10.1. The SMILES string of the molecule is N#Cc1c(-c2ccccc2)oc(=O)c(O)c1-c1ccccc1. The van der Waals surface area contributed by atoms with Crippen LogP contribution in [-0.2, 0) is 0 Å². The van der Waals surface area contributed by atoms with Crippen molar-refractivity contribution in [2.24, 2.45) is 0 Å². The van der Waals surface area contributed by atoms with E-state index >= 15 is 0 Å². The summed E-state index contributed by atoms with van der Waals surface area (Å²) in [5.74, 6) is -0.396. The van der Waals surface area contributed by atoms with Gasteiger partial charge in [-0.1, -0.05) is 60.7 Å². The summed E-state index contributed by atoms with van der Waals surface area (Å²) < 4.78 is 5.15. The zero-order valence-electron chi connectivity index (χ0n) is 11.5. The average molecular weight is 289 g/mol. The van der Waals surface area contributed by atoms with Gasteiger partial charge in [-0.05, 0) is 5.56 Å². The van der Waals surface area contributed by atoms with Gasteiger partial charge in [0.15, 0.2) is 5.76 Å². The van der Waals surface area contributed by atoms with E-state index in [1.807, 2.05) is 18.2 Å². The van der Waals surface area contributed by atoms with E-state index in [1.165, 1.54) is 0 Å². The number of hydrogen-bond donors (Lipinski definition) is 1. The monoisotopic (exact) mass is 289 g/mol. The fourth-order valence-corrected chi connectivity index (χ4v) is 2.31. The third kappa shape index (κ3) is 2.25. The van der Waals surface area contributed by atoms with Gasteiger partial charge >= 0.3 is 5.63 Å². The Morgan fingerprint density at radius 1 is 0.909 bits per heavy atom. The standard InChI is InChI=1S/C18H11NO3/c19-11-14-15(12-7-3-1-4-8-12)16(20)18(21)22-17(14)13-9-5-2-6-10-13/h1-10,20H. The highest BCUT2D eigenvalue weighted by Gasteiger charge is 2.21. The zero-order chi connectivity index (χ0) is 15.5. The van der Waals surface area contributed by atoms with Gasteiger partial charge in [-0.3, -0.25) is 0 Å². The van der Waals surface area contributed by atoms with Gasteiger partial charge in [0.05, 0.1) is 5.56 Å². The quantitative estimate of drug-likeness (QED) is 0.782. The Morgan fingerprint density at radius 2 is 1.45 bits per heavy atom. The molecule has 0 fully saturated rings. The van der Waals surface area contributed by atoms with Crippen LogP contribution in [0, 0.1) is 11.3 Å². The Morgan fingerprint density at radius 3 is 2.00 bits per heavy atom. The molecule has 3 aromatic rings. The lowest BCUT2D eigenvalue weighted by atomic mass is 9.97. The largest absolute Gasteiger partial charge is 0.501 e. The van der Waals surface area contributed by atoms with Crippen molar-refractivity contribution < 1.29 is 9.52 Å². The predicted molar refractivity (Wildman–Crippen MR) is 82.2 cm³/mol. The predicted octanol–water partition coefficient (Wildman–Crippen LogP) is 3.55. The molecule has 1 heterocycles. The van der Waals surface area contributed by atoms with Gasteiger partial charge in [-0.25, -0.2) is 4.79 Å².